The zero-order valence-corrected chi connectivity index (χ0v) is 13.2. The summed E-state index contributed by atoms with van der Waals surface area (Å²) in [4.78, 5) is 10.8. The molecular weight excluding hydrogens is 364 g/mol. The van der Waals surface area contributed by atoms with Gasteiger partial charge in [-0.1, -0.05) is 5.16 Å². The number of aromatic nitrogens is 1. The summed E-state index contributed by atoms with van der Waals surface area (Å²) in [6.45, 7) is 1.68. The number of nitrogens with one attached hydrogen (secondary N) is 1. The van der Waals surface area contributed by atoms with Crippen LogP contribution in [0, 0.1) is 6.92 Å². The summed E-state index contributed by atoms with van der Waals surface area (Å²) in [7, 11) is -3.79. The van der Waals surface area contributed by atoms with Gasteiger partial charge in [-0.2, -0.15) is 0 Å². The number of aromatic carboxylic acids is 1. The second-order valence-electron chi connectivity index (χ2n) is 4.20. The van der Waals surface area contributed by atoms with E-state index in [1.165, 1.54) is 18.2 Å². The molecule has 2 rings (SSSR count). The van der Waals surface area contributed by atoms with Gasteiger partial charge in [0.05, 0.1) is 22.7 Å². The van der Waals surface area contributed by atoms with Gasteiger partial charge in [-0.25, -0.2) is 17.9 Å². The molecule has 1 aromatic carbocycles. The highest BCUT2D eigenvalue weighted by Crippen LogP contribution is 2.23. The van der Waals surface area contributed by atoms with Gasteiger partial charge in [-0.15, -0.1) is 0 Å². The molecule has 0 radical (unpaired) electrons. The van der Waals surface area contributed by atoms with Crippen LogP contribution in [0.5, 0.6) is 0 Å². The summed E-state index contributed by atoms with van der Waals surface area (Å²) >= 11 is 3.06. The lowest BCUT2D eigenvalue weighted by Crippen LogP contribution is -2.23. The molecule has 1 aromatic heterocycles. The average molecular weight is 375 g/mol. The standard InChI is InChI=1S/C12H11BrN2O5S/c1-7-4-9(15-20-7)6-14-21(18,19)11-3-2-8(12(16)17)5-10(11)13/h2-5,14H,6H2,1H3,(H,16,17). The molecule has 0 fully saturated rings. The van der Waals surface area contributed by atoms with Crippen molar-refractivity contribution in [3.05, 3.63) is 45.8 Å². The smallest absolute Gasteiger partial charge is 0.335 e. The molecule has 2 aromatic rings. The van der Waals surface area contributed by atoms with Crippen molar-refractivity contribution in [1.82, 2.24) is 9.88 Å². The van der Waals surface area contributed by atoms with Gasteiger partial charge >= 0.3 is 5.97 Å². The van der Waals surface area contributed by atoms with Gasteiger partial charge in [-0.05, 0) is 41.1 Å². The van der Waals surface area contributed by atoms with Gasteiger partial charge in [0, 0.05) is 10.5 Å². The predicted octanol–water partition coefficient (Wildman–Crippen LogP) is 1.92. The van der Waals surface area contributed by atoms with Crippen LogP contribution in [0.15, 0.2) is 38.2 Å². The summed E-state index contributed by atoms with van der Waals surface area (Å²) in [5, 5.41) is 12.5. The Hall–Kier alpha value is -1.71. The second-order valence-corrected chi connectivity index (χ2v) is 6.79. The van der Waals surface area contributed by atoms with Crippen LogP contribution in [0.1, 0.15) is 21.8 Å². The molecule has 7 nitrogen and oxygen atoms in total. The van der Waals surface area contributed by atoms with Crippen LogP contribution in [0.2, 0.25) is 0 Å². The van der Waals surface area contributed by atoms with E-state index in [0.717, 1.165) is 0 Å². The summed E-state index contributed by atoms with van der Waals surface area (Å²) in [6, 6.07) is 5.30. The number of aryl methyl sites for hydroxylation is 1. The third-order valence-electron chi connectivity index (χ3n) is 2.59. The summed E-state index contributed by atoms with van der Waals surface area (Å²) in [5.41, 5.74) is 0.447. The number of nitrogens with zero attached hydrogens (tertiary/aromatic N) is 1. The molecule has 1 heterocycles. The fraction of sp³-hybridized carbons (Fsp3) is 0.167. The van der Waals surface area contributed by atoms with Crippen molar-refractivity contribution in [3.8, 4) is 0 Å². The number of benzene rings is 1. The second kappa shape index (κ2) is 5.96. The molecule has 21 heavy (non-hydrogen) atoms. The number of carboxylic acid groups (broad SMARTS) is 1. The van der Waals surface area contributed by atoms with Gasteiger partial charge in [0.2, 0.25) is 10.0 Å². The van der Waals surface area contributed by atoms with Crippen LogP contribution < -0.4 is 4.72 Å². The Morgan fingerprint density at radius 1 is 1.43 bits per heavy atom. The monoisotopic (exact) mass is 374 g/mol. The van der Waals surface area contributed by atoms with E-state index in [0.29, 0.717) is 11.5 Å². The van der Waals surface area contributed by atoms with Crippen molar-refractivity contribution < 1.29 is 22.8 Å². The normalized spacial score (nSPS) is 11.5. The molecule has 0 saturated heterocycles. The lowest BCUT2D eigenvalue weighted by molar-refractivity contribution is 0.0696. The van der Waals surface area contributed by atoms with E-state index < -0.39 is 16.0 Å². The number of hydrogen-bond acceptors (Lipinski definition) is 5. The van der Waals surface area contributed by atoms with Crippen LogP contribution in [-0.2, 0) is 16.6 Å². The Labute approximate surface area is 129 Å². The lowest BCUT2D eigenvalue weighted by Gasteiger charge is -2.08. The fourth-order valence-electron chi connectivity index (χ4n) is 1.60. The van der Waals surface area contributed by atoms with Crippen LogP contribution in [0.25, 0.3) is 0 Å². The average Bonchev–Trinajstić information content (AvgIpc) is 2.82. The molecule has 0 amide bonds. The van der Waals surface area contributed by atoms with Gasteiger partial charge in [0.15, 0.2) is 0 Å². The maximum absolute atomic E-state index is 12.2. The number of carbonyl (C=O) groups is 1. The Balaban J connectivity index is 2.21. The summed E-state index contributed by atoms with van der Waals surface area (Å²) in [5.74, 6) is -0.554. The molecule has 0 spiro atoms. The number of hydrogen-bond donors (Lipinski definition) is 2. The van der Waals surface area contributed by atoms with Crippen LogP contribution in [-0.4, -0.2) is 24.7 Å². The van der Waals surface area contributed by atoms with Gasteiger partial charge in [0.1, 0.15) is 5.76 Å². The molecule has 9 heteroatoms. The Bertz CT molecular complexity index is 785. The van der Waals surface area contributed by atoms with Crippen LogP contribution in [0.4, 0.5) is 0 Å². The molecule has 0 unspecified atom stereocenters. The van der Waals surface area contributed by atoms with Crippen molar-refractivity contribution in [2.75, 3.05) is 0 Å². The maximum Gasteiger partial charge on any atom is 0.335 e. The SMILES string of the molecule is Cc1cc(CNS(=O)(=O)c2ccc(C(=O)O)cc2Br)no1. The first kappa shape index (κ1) is 15.7. The maximum atomic E-state index is 12.2. The number of sulfonamides is 1. The Morgan fingerprint density at radius 3 is 2.67 bits per heavy atom. The first-order valence-electron chi connectivity index (χ1n) is 5.74. The number of halogens is 1. The van der Waals surface area contributed by atoms with E-state index in [2.05, 4.69) is 25.8 Å². The highest BCUT2D eigenvalue weighted by Gasteiger charge is 2.19. The quantitative estimate of drug-likeness (QED) is 0.827. The summed E-state index contributed by atoms with van der Waals surface area (Å²) in [6.07, 6.45) is 0. The van der Waals surface area contributed by atoms with Gasteiger partial charge < -0.3 is 9.63 Å². The lowest BCUT2D eigenvalue weighted by atomic mass is 10.2. The molecule has 0 aliphatic heterocycles. The first-order chi connectivity index (χ1) is 9.79. The highest BCUT2D eigenvalue weighted by atomic mass is 79.9. The Morgan fingerprint density at radius 2 is 2.14 bits per heavy atom. The molecular formula is C12H11BrN2O5S. The van der Waals surface area contributed by atoms with Crippen molar-refractivity contribution in [2.45, 2.75) is 18.4 Å². The minimum Gasteiger partial charge on any atom is -0.478 e. The zero-order chi connectivity index (χ0) is 15.6. The van der Waals surface area contributed by atoms with E-state index >= 15 is 0 Å². The molecule has 112 valence electrons. The number of rotatable bonds is 5. The van der Waals surface area contributed by atoms with E-state index in [1.807, 2.05) is 0 Å². The first-order valence-corrected chi connectivity index (χ1v) is 8.02. The van der Waals surface area contributed by atoms with Crippen molar-refractivity contribution >= 4 is 31.9 Å². The predicted molar refractivity (Wildman–Crippen MR) is 76.4 cm³/mol. The molecule has 0 saturated carbocycles. The van der Waals surface area contributed by atoms with Crippen molar-refractivity contribution in [2.24, 2.45) is 0 Å². The molecule has 0 aliphatic carbocycles. The van der Waals surface area contributed by atoms with Crippen molar-refractivity contribution in [1.29, 1.82) is 0 Å². The molecule has 0 bridgehead atoms. The molecule has 2 N–H and O–H groups in total. The Kier molecular flexibility index (Phi) is 4.45. The van der Waals surface area contributed by atoms with E-state index in [1.54, 1.807) is 13.0 Å². The van der Waals surface area contributed by atoms with Gasteiger partial charge in [-0.3, -0.25) is 0 Å². The number of carboxylic acids is 1. The van der Waals surface area contributed by atoms with E-state index in [4.69, 9.17) is 9.63 Å². The minimum absolute atomic E-state index is 0.00653. The third kappa shape index (κ3) is 3.69. The third-order valence-corrected chi connectivity index (χ3v) is 4.97. The molecule has 0 aliphatic rings. The highest BCUT2D eigenvalue weighted by molar-refractivity contribution is 9.10. The minimum atomic E-state index is -3.79. The fourth-order valence-corrected chi connectivity index (χ4v) is 3.67. The van der Waals surface area contributed by atoms with Crippen LogP contribution >= 0.6 is 15.9 Å². The van der Waals surface area contributed by atoms with Gasteiger partial charge in [0.25, 0.3) is 0 Å². The zero-order valence-electron chi connectivity index (χ0n) is 10.8. The summed E-state index contributed by atoms with van der Waals surface area (Å²) < 4.78 is 31.7. The topological polar surface area (TPSA) is 110 Å². The van der Waals surface area contributed by atoms with E-state index in [9.17, 15) is 13.2 Å². The molecule has 0 atom stereocenters. The van der Waals surface area contributed by atoms with Crippen LogP contribution in [0.3, 0.4) is 0 Å². The van der Waals surface area contributed by atoms with E-state index in [-0.39, 0.29) is 21.5 Å². The van der Waals surface area contributed by atoms with Crippen molar-refractivity contribution in [3.63, 3.8) is 0 Å². The largest absolute Gasteiger partial charge is 0.478 e.